The number of hydrogen-bond donors (Lipinski definition) is 8. The molecular formula is C46H91NO10. The van der Waals surface area contributed by atoms with Crippen molar-refractivity contribution in [3.05, 3.63) is 0 Å². The fourth-order valence-corrected chi connectivity index (χ4v) is 7.91. The second kappa shape index (κ2) is 36.9. The van der Waals surface area contributed by atoms with E-state index in [4.69, 9.17) is 9.47 Å². The number of rotatable bonds is 40. The molecule has 1 amide bonds. The van der Waals surface area contributed by atoms with Gasteiger partial charge >= 0.3 is 0 Å². The van der Waals surface area contributed by atoms with Crippen LogP contribution in [0, 0.1) is 0 Å². The van der Waals surface area contributed by atoms with E-state index in [1.165, 1.54) is 141 Å². The minimum atomic E-state index is -1.66. The van der Waals surface area contributed by atoms with Gasteiger partial charge in [0.15, 0.2) is 6.29 Å². The lowest BCUT2D eigenvalue weighted by molar-refractivity contribution is -0.303. The first-order valence-corrected chi connectivity index (χ1v) is 23.9. The third-order valence-electron chi connectivity index (χ3n) is 11.9. The fourth-order valence-electron chi connectivity index (χ4n) is 7.91. The van der Waals surface area contributed by atoms with Crippen LogP contribution in [0.4, 0.5) is 0 Å². The maximum Gasteiger partial charge on any atom is 0.249 e. The van der Waals surface area contributed by atoms with Crippen molar-refractivity contribution in [1.29, 1.82) is 0 Å². The van der Waals surface area contributed by atoms with Crippen LogP contribution in [-0.4, -0.2) is 110 Å². The molecule has 11 nitrogen and oxygen atoms in total. The van der Waals surface area contributed by atoms with E-state index >= 15 is 0 Å². The van der Waals surface area contributed by atoms with Crippen LogP contribution in [0.3, 0.4) is 0 Å². The van der Waals surface area contributed by atoms with Crippen molar-refractivity contribution in [2.45, 2.75) is 274 Å². The van der Waals surface area contributed by atoms with E-state index in [1.54, 1.807) is 0 Å². The zero-order valence-corrected chi connectivity index (χ0v) is 36.6. The average Bonchev–Trinajstić information content (AvgIpc) is 3.21. The average molecular weight is 818 g/mol. The van der Waals surface area contributed by atoms with Crippen LogP contribution in [-0.2, 0) is 14.3 Å². The van der Waals surface area contributed by atoms with Crippen LogP contribution in [0.15, 0.2) is 0 Å². The summed E-state index contributed by atoms with van der Waals surface area (Å²) in [7, 11) is 0. The van der Waals surface area contributed by atoms with Crippen LogP contribution in [0.5, 0.6) is 0 Å². The first-order valence-electron chi connectivity index (χ1n) is 23.9. The van der Waals surface area contributed by atoms with Crippen LogP contribution < -0.4 is 5.32 Å². The molecule has 9 atom stereocenters. The molecule has 1 aliphatic rings. The molecule has 1 aliphatic heterocycles. The first kappa shape index (κ1) is 54.1. The lowest BCUT2D eigenvalue weighted by atomic mass is 9.98. The highest BCUT2D eigenvalue weighted by molar-refractivity contribution is 5.80. The Morgan fingerprint density at radius 3 is 1.30 bits per heavy atom. The van der Waals surface area contributed by atoms with Gasteiger partial charge in [0.1, 0.15) is 36.6 Å². The Bertz CT molecular complexity index is 897. The summed E-state index contributed by atoms with van der Waals surface area (Å²) < 4.78 is 11.1. The molecule has 0 radical (unpaired) electrons. The van der Waals surface area contributed by atoms with Crippen molar-refractivity contribution < 1.29 is 50.0 Å². The highest BCUT2D eigenvalue weighted by Crippen LogP contribution is 2.23. The molecule has 1 rings (SSSR count). The monoisotopic (exact) mass is 818 g/mol. The summed E-state index contributed by atoms with van der Waals surface area (Å²) in [5, 5.41) is 75.6. The van der Waals surface area contributed by atoms with E-state index in [9.17, 15) is 40.5 Å². The van der Waals surface area contributed by atoms with Crippen LogP contribution >= 0.6 is 0 Å². The third-order valence-corrected chi connectivity index (χ3v) is 11.9. The van der Waals surface area contributed by atoms with Gasteiger partial charge in [0.2, 0.25) is 5.91 Å². The fraction of sp³-hybridized carbons (Fsp3) is 0.978. The minimum Gasteiger partial charge on any atom is -0.394 e. The number of aliphatic hydroxyl groups excluding tert-OH is 7. The second-order valence-electron chi connectivity index (χ2n) is 17.2. The Balaban J connectivity index is 2.39. The van der Waals surface area contributed by atoms with E-state index in [0.29, 0.717) is 19.3 Å². The number of unbranched alkanes of at least 4 members (excludes halogenated alkanes) is 28. The molecule has 0 aliphatic carbocycles. The SMILES string of the molecule is CCCCCCCCCCCCCCCCCCCCC[C@@H](O)C(=O)N[C@@H](CO[C@H]1O[C@H](CO)[C@H](O)[C@H](O)[C@H]1O)[C@H](O)[C@H](O)CCCCCCCCCCCCC. The Labute approximate surface area is 348 Å². The van der Waals surface area contributed by atoms with Crippen molar-refractivity contribution >= 4 is 5.91 Å². The van der Waals surface area contributed by atoms with Crippen LogP contribution in [0.2, 0.25) is 0 Å². The summed E-state index contributed by atoms with van der Waals surface area (Å²) in [6, 6.07) is -1.16. The largest absolute Gasteiger partial charge is 0.394 e. The van der Waals surface area contributed by atoms with Gasteiger partial charge in [-0.05, 0) is 12.8 Å². The number of aliphatic hydroxyl groups is 7. The molecule has 8 N–H and O–H groups in total. The molecule has 0 aromatic carbocycles. The maximum atomic E-state index is 13.1. The van der Waals surface area contributed by atoms with E-state index in [0.717, 1.165) is 38.5 Å². The highest BCUT2D eigenvalue weighted by Gasteiger charge is 2.44. The van der Waals surface area contributed by atoms with Gasteiger partial charge in [-0.15, -0.1) is 0 Å². The summed E-state index contributed by atoms with van der Waals surface area (Å²) in [6.45, 7) is 3.44. The number of ether oxygens (including phenoxy) is 2. The van der Waals surface area contributed by atoms with Crippen LogP contribution in [0.25, 0.3) is 0 Å². The van der Waals surface area contributed by atoms with E-state index in [2.05, 4.69) is 19.2 Å². The second-order valence-corrected chi connectivity index (χ2v) is 17.2. The van der Waals surface area contributed by atoms with Gasteiger partial charge in [0, 0.05) is 0 Å². The standard InChI is InChI=1S/C46H91NO10/c1-3-5-7-9-11-13-15-16-17-18-19-20-21-22-24-26-28-30-32-34-39(50)45(55)47-37(36-56-46-44(54)43(53)42(52)40(35-48)57-46)41(51)38(49)33-31-29-27-25-23-14-12-10-8-6-4-2/h37-44,46,48-54H,3-36H2,1-2H3,(H,47,55)/t37-,38+,39+,40+,41-,42-,43-,44+,46-/m0/s1. The van der Waals surface area contributed by atoms with Gasteiger partial charge in [-0.2, -0.15) is 0 Å². The smallest absolute Gasteiger partial charge is 0.249 e. The number of hydrogen-bond acceptors (Lipinski definition) is 10. The van der Waals surface area contributed by atoms with Gasteiger partial charge in [0.25, 0.3) is 0 Å². The van der Waals surface area contributed by atoms with Crippen molar-refractivity contribution in [3.63, 3.8) is 0 Å². The minimum absolute atomic E-state index is 0.266. The van der Waals surface area contributed by atoms with Gasteiger partial charge < -0.3 is 50.5 Å². The number of carbonyl (C=O) groups excluding carboxylic acids is 1. The predicted octanol–water partition coefficient (Wildman–Crippen LogP) is 7.89. The molecule has 57 heavy (non-hydrogen) atoms. The van der Waals surface area contributed by atoms with Gasteiger partial charge in [-0.1, -0.05) is 206 Å². The maximum absolute atomic E-state index is 13.1. The molecule has 0 unspecified atom stereocenters. The summed E-state index contributed by atoms with van der Waals surface area (Å²) in [5.74, 6) is -0.694. The Kier molecular flexibility index (Phi) is 35.1. The number of carbonyl (C=O) groups is 1. The Morgan fingerprint density at radius 1 is 0.544 bits per heavy atom. The molecule has 0 aromatic heterocycles. The molecule has 1 saturated heterocycles. The quantitative estimate of drug-likeness (QED) is 0.0283. The van der Waals surface area contributed by atoms with Crippen molar-refractivity contribution in [2.75, 3.05) is 13.2 Å². The third kappa shape index (κ3) is 26.8. The summed E-state index contributed by atoms with van der Waals surface area (Å²) in [4.78, 5) is 13.1. The van der Waals surface area contributed by atoms with Gasteiger partial charge in [-0.3, -0.25) is 4.79 Å². The van der Waals surface area contributed by atoms with Crippen molar-refractivity contribution in [1.82, 2.24) is 5.32 Å². The van der Waals surface area contributed by atoms with Crippen molar-refractivity contribution in [2.24, 2.45) is 0 Å². The van der Waals surface area contributed by atoms with E-state index in [1.807, 2.05) is 0 Å². The highest BCUT2D eigenvalue weighted by atomic mass is 16.7. The van der Waals surface area contributed by atoms with Gasteiger partial charge in [-0.25, -0.2) is 0 Å². The molecule has 0 bridgehead atoms. The number of nitrogens with one attached hydrogen (secondary N) is 1. The molecule has 1 fully saturated rings. The van der Waals surface area contributed by atoms with E-state index < -0.39 is 74.2 Å². The molecule has 1 heterocycles. The summed E-state index contributed by atoms with van der Waals surface area (Å²) in [6.07, 6.45) is 25.8. The molecule has 0 spiro atoms. The van der Waals surface area contributed by atoms with Gasteiger partial charge in [0.05, 0.1) is 25.4 Å². The lowest BCUT2D eigenvalue weighted by Crippen LogP contribution is -2.60. The summed E-state index contributed by atoms with van der Waals surface area (Å²) >= 11 is 0. The zero-order chi connectivity index (χ0) is 41.9. The number of amides is 1. The Morgan fingerprint density at radius 2 is 0.912 bits per heavy atom. The normalized spacial score (nSPS) is 22.0. The van der Waals surface area contributed by atoms with Crippen molar-refractivity contribution in [3.8, 4) is 0 Å². The molecule has 0 saturated carbocycles. The first-order chi connectivity index (χ1) is 27.7. The lowest BCUT2D eigenvalue weighted by Gasteiger charge is -2.40. The zero-order valence-electron chi connectivity index (χ0n) is 36.6. The molecule has 0 aromatic rings. The molecule has 340 valence electrons. The topological polar surface area (TPSA) is 189 Å². The molecular weight excluding hydrogens is 727 g/mol. The molecule has 11 heteroatoms. The van der Waals surface area contributed by atoms with Crippen LogP contribution in [0.1, 0.15) is 219 Å². The van der Waals surface area contributed by atoms with E-state index in [-0.39, 0.29) is 6.42 Å². The predicted molar refractivity (Wildman–Crippen MR) is 229 cm³/mol. The Hall–Kier alpha value is -0.890. The summed E-state index contributed by atoms with van der Waals surface area (Å²) in [5.41, 5.74) is 0.